The fourth-order valence-corrected chi connectivity index (χ4v) is 2.89. The molecule has 1 unspecified atom stereocenters. The van der Waals surface area contributed by atoms with Gasteiger partial charge in [0, 0.05) is 37.4 Å². The minimum atomic E-state index is 0.0833. The number of nitrogens with zero attached hydrogens (tertiary/aromatic N) is 3. The molecule has 1 saturated heterocycles. The zero-order chi connectivity index (χ0) is 15.4. The summed E-state index contributed by atoms with van der Waals surface area (Å²) < 4.78 is 0. The predicted octanol–water partition coefficient (Wildman–Crippen LogP) is 1.99. The molecule has 0 saturated carbocycles. The van der Waals surface area contributed by atoms with Gasteiger partial charge in [0.2, 0.25) is 0 Å². The summed E-state index contributed by atoms with van der Waals surface area (Å²) in [6, 6.07) is 4.01. The summed E-state index contributed by atoms with van der Waals surface area (Å²) in [5, 5.41) is 3.18. The number of rotatable bonds is 4. The van der Waals surface area contributed by atoms with Crippen LogP contribution in [0.4, 0.5) is 5.82 Å². The quantitative estimate of drug-likeness (QED) is 0.921. The number of carbonyl (C=O) groups is 1. The SMILES string of the molecule is CCNc1cc(C(=O)N(C)C2CCCN(C)C2)cc(C)n1. The summed E-state index contributed by atoms with van der Waals surface area (Å²) in [6.45, 7) is 6.82. The van der Waals surface area contributed by atoms with Crippen molar-refractivity contribution in [3.05, 3.63) is 23.4 Å². The number of hydrogen-bond acceptors (Lipinski definition) is 4. The van der Waals surface area contributed by atoms with Crippen LogP contribution < -0.4 is 5.32 Å². The van der Waals surface area contributed by atoms with Crippen LogP contribution in [-0.4, -0.2) is 60.5 Å². The maximum Gasteiger partial charge on any atom is 0.254 e. The molecule has 0 bridgehead atoms. The molecule has 1 aliphatic heterocycles. The Hall–Kier alpha value is -1.62. The van der Waals surface area contributed by atoms with Gasteiger partial charge in [0.05, 0.1) is 0 Å². The Morgan fingerprint density at radius 3 is 2.95 bits per heavy atom. The molecule has 2 heterocycles. The third-order valence-corrected chi connectivity index (χ3v) is 4.03. The number of piperidine rings is 1. The molecule has 1 atom stereocenters. The molecule has 116 valence electrons. The Labute approximate surface area is 127 Å². The molecule has 0 aromatic carbocycles. The summed E-state index contributed by atoms with van der Waals surface area (Å²) in [4.78, 5) is 21.3. The molecular weight excluding hydrogens is 264 g/mol. The third-order valence-electron chi connectivity index (χ3n) is 4.03. The van der Waals surface area contributed by atoms with Crippen molar-refractivity contribution >= 4 is 11.7 Å². The number of anilines is 1. The minimum Gasteiger partial charge on any atom is -0.370 e. The van der Waals surface area contributed by atoms with Crippen molar-refractivity contribution in [3.8, 4) is 0 Å². The molecule has 1 aromatic heterocycles. The van der Waals surface area contributed by atoms with Crippen LogP contribution in [-0.2, 0) is 0 Å². The number of aryl methyl sites for hydroxylation is 1. The smallest absolute Gasteiger partial charge is 0.254 e. The van der Waals surface area contributed by atoms with Crippen molar-refractivity contribution in [2.24, 2.45) is 0 Å². The van der Waals surface area contributed by atoms with Crippen LogP contribution in [0.3, 0.4) is 0 Å². The molecule has 0 spiro atoms. The van der Waals surface area contributed by atoms with E-state index in [9.17, 15) is 4.79 Å². The average Bonchev–Trinajstić information content (AvgIpc) is 2.45. The fourth-order valence-electron chi connectivity index (χ4n) is 2.89. The summed E-state index contributed by atoms with van der Waals surface area (Å²) >= 11 is 0. The minimum absolute atomic E-state index is 0.0833. The van der Waals surface area contributed by atoms with Gasteiger partial charge in [-0.3, -0.25) is 4.79 Å². The highest BCUT2D eigenvalue weighted by Crippen LogP contribution is 2.18. The van der Waals surface area contributed by atoms with Crippen molar-refractivity contribution in [3.63, 3.8) is 0 Å². The summed E-state index contributed by atoms with van der Waals surface area (Å²) in [5.41, 5.74) is 1.58. The first-order valence-electron chi connectivity index (χ1n) is 7.69. The zero-order valence-corrected chi connectivity index (χ0v) is 13.5. The monoisotopic (exact) mass is 290 g/mol. The first kappa shape index (κ1) is 15.8. The topological polar surface area (TPSA) is 48.5 Å². The van der Waals surface area contributed by atoms with Crippen LogP contribution in [0.15, 0.2) is 12.1 Å². The Kier molecular flexibility index (Phi) is 5.17. The maximum absolute atomic E-state index is 12.7. The van der Waals surface area contributed by atoms with Gasteiger partial charge in [0.15, 0.2) is 0 Å². The molecule has 5 nitrogen and oxygen atoms in total. The molecule has 5 heteroatoms. The van der Waals surface area contributed by atoms with Gasteiger partial charge < -0.3 is 15.1 Å². The highest BCUT2D eigenvalue weighted by atomic mass is 16.2. The van der Waals surface area contributed by atoms with Crippen molar-refractivity contribution in [2.75, 3.05) is 39.0 Å². The summed E-state index contributed by atoms with van der Waals surface area (Å²) in [7, 11) is 4.03. The molecule has 1 fully saturated rings. The second-order valence-corrected chi connectivity index (χ2v) is 5.89. The number of carbonyl (C=O) groups excluding carboxylic acids is 1. The average molecular weight is 290 g/mol. The Morgan fingerprint density at radius 2 is 2.29 bits per heavy atom. The molecule has 1 aromatic rings. The summed E-state index contributed by atoms with van der Waals surface area (Å²) in [5.74, 6) is 0.856. The van der Waals surface area contributed by atoms with Crippen LogP contribution in [0.2, 0.25) is 0 Å². The largest absolute Gasteiger partial charge is 0.370 e. The van der Waals surface area contributed by atoms with Crippen molar-refractivity contribution in [1.82, 2.24) is 14.8 Å². The number of likely N-dealkylation sites (N-methyl/N-ethyl adjacent to an activating group) is 2. The van der Waals surface area contributed by atoms with Gasteiger partial charge in [-0.15, -0.1) is 0 Å². The third kappa shape index (κ3) is 3.94. The summed E-state index contributed by atoms with van der Waals surface area (Å²) in [6.07, 6.45) is 2.23. The number of hydrogen-bond donors (Lipinski definition) is 1. The number of aromatic nitrogens is 1. The molecule has 1 N–H and O–H groups in total. The van der Waals surface area contributed by atoms with Gasteiger partial charge in [-0.25, -0.2) is 4.98 Å². The van der Waals surface area contributed by atoms with E-state index >= 15 is 0 Å². The lowest BCUT2D eigenvalue weighted by Crippen LogP contribution is -2.47. The molecule has 1 amide bonds. The van der Waals surface area contributed by atoms with Gasteiger partial charge in [-0.1, -0.05) is 0 Å². The highest BCUT2D eigenvalue weighted by molar-refractivity contribution is 5.95. The van der Waals surface area contributed by atoms with E-state index in [2.05, 4.69) is 22.2 Å². The number of amides is 1. The molecule has 0 radical (unpaired) electrons. The van der Waals surface area contributed by atoms with Crippen LogP contribution in [0, 0.1) is 6.92 Å². The highest BCUT2D eigenvalue weighted by Gasteiger charge is 2.25. The Bertz CT molecular complexity index is 503. The van der Waals surface area contributed by atoms with Crippen molar-refractivity contribution < 1.29 is 4.79 Å². The fraction of sp³-hybridized carbons (Fsp3) is 0.625. The van der Waals surface area contributed by atoms with Crippen molar-refractivity contribution in [2.45, 2.75) is 32.7 Å². The van der Waals surface area contributed by atoms with Gasteiger partial charge in [0.25, 0.3) is 5.91 Å². The molecule has 21 heavy (non-hydrogen) atoms. The maximum atomic E-state index is 12.7. The van der Waals surface area contributed by atoms with Crippen LogP contribution in [0.5, 0.6) is 0 Å². The Morgan fingerprint density at radius 1 is 1.52 bits per heavy atom. The first-order valence-corrected chi connectivity index (χ1v) is 7.69. The molecule has 1 aliphatic rings. The van der Waals surface area contributed by atoms with E-state index in [1.807, 2.05) is 37.9 Å². The van der Waals surface area contributed by atoms with E-state index in [-0.39, 0.29) is 5.91 Å². The molecule has 2 rings (SSSR count). The lowest BCUT2D eigenvalue weighted by atomic mass is 10.0. The second kappa shape index (κ2) is 6.89. The van der Waals surface area contributed by atoms with E-state index in [1.54, 1.807) is 0 Å². The zero-order valence-electron chi connectivity index (χ0n) is 13.5. The standard InChI is InChI=1S/C16H26N4O/c1-5-17-15-10-13(9-12(2)18-15)16(21)20(4)14-7-6-8-19(3)11-14/h9-10,14H,5-8,11H2,1-4H3,(H,17,18). The van der Waals surface area contributed by atoms with Crippen LogP contribution in [0.1, 0.15) is 35.8 Å². The van der Waals surface area contributed by atoms with E-state index in [0.717, 1.165) is 44.0 Å². The lowest BCUT2D eigenvalue weighted by Gasteiger charge is -2.36. The normalized spacial score (nSPS) is 19.3. The predicted molar refractivity (Wildman–Crippen MR) is 85.8 cm³/mol. The second-order valence-electron chi connectivity index (χ2n) is 5.89. The van der Waals surface area contributed by atoms with Crippen molar-refractivity contribution in [1.29, 1.82) is 0 Å². The van der Waals surface area contributed by atoms with Gasteiger partial charge in [-0.2, -0.15) is 0 Å². The first-order chi connectivity index (χ1) is 10.0. The molecule has 0 aliphatic carbocycles. The number of likely N-dealkylation sites (tertiary alicyclic amines) is 1. The number of pyridine rings is 1. The van der Waals surface area contributed by atoms with Crippen LogP contribution in [0.25, 0.3) is 0 Å². The van der Waals surface area contributed by atoms with E-state index < -0.39 is 0 Å². The van der Waals surface area contributed by atoms with Gasteiger partial charge in [0.1, 0.15) is 5.82 Å². The van der Waals surface area contributed by atoms with E-state index in [4.69, 9.17) is 0 Å². The molecular formula is C16H26N4O. The van der Waals surface area contributed by atoms with Gasteiger partial charge in [-0.05, 0) is 52.4 Å². The lowest BCUT2D eigenvalue weighted by molar-refractivity contribution is 0.0644. The Balaban J connectivity index is 2.14. The van der Waals surface area contributed by atoms with Gasteiger partial charge >= 0.3 is 0 Å². The number of nitrogens with one attached hydrogen (secondary N) is 1. The van der Waals surface area contributed by atoms with E-state index in [1.165, 1.54) is 0 Å². The van der Waals surface area contributed by atoms with E-state index in [0.29, 0.717) is 11.6 Å². The van der Waals surface area contributed by atoms with Crippen LogP contribution >= 0.6 is 0 Å².